The second-order valence-corrected chi connectivity index (χ2v) is 13.3. The van der Waals surface area contributed by atoms with Crippen molar-refractivity contribution in [3.63, 3.8) is 0 Å². The Hall–Kier alpha value is -4.36. The molecule has 3 aromatic carbocycles. The van der Waals surface area contributed by atoms with Gasteiger partial charge < -0.3 is 14.8 Å². The number of hydrogen-bond acceptors (Lipinski definition) is 5. The molecule has 50 heavy (non-hydrogen) atoms. The van der Waals surface area contributed by atoms with Gasteiger partial charge in [0.15, 0.2) is 0 Å². The highest BCUT2D eigenvalue weighted by Gasteiger charge is 2.58. The predicted octanol–water partition coefficient (Wildman–Crippen LogP) is 8.41. The molecule has 0 unspecified atom stereocenters. The minimum absolute atomic E-state index is 0.0468. The van der Waals surface area contributed by atoms with Gasteiger partial charge in [-0.05, 0) is 84.5 Å². The molecule has 3 aromatic rings. The van der Waals surface area contributed by atoms with E-state index >= 15 is 0 Å². The van der Waals surface area contributed by atoms with E-state index in [9.17, 15) is 46.1 Å². The molecule has 2 heterocycles. The van der Waals surface area contributed by atoms with Crippen molar-refractivity contribution in [1.82, 2.24) is 0 Å². The van der Waals surface area contributed by atoms with Crippen LogP contribution in [0, 0.1) is 23.7 Å². The maximum atomic E-state index is 14.1. The Morgan fingerprint density at radius 1 is 0.920 bits per heavy atom. The molecule has 4 atom stereocenters. The van der Waals surface area contributed by atoms with Gasteiger partial charge >= 0.3 is 19.5 Å². The topological polar surface area (TPSA) is 87.1 Å². The van der Waals surface area contributed by atoms with Crippen molar-refractivity contribution in [2.75, 3.05) is 4.90 Å². The first kappa shape index (κ1) is 35.5. The highest BCUT2D eigenvalue weighted by Crippen LogP contribution is 2.53. The number of amides is 2. The molecule has 1 aliphatic carbocycles. The fourth-order valence-corrected chi connectivity index (χ4v) is 7.61. The third-order valence-electron chi connectivity index (χ3n) is 9.86. The average molecular weight is 697 g/mol. The Morgan fingerprint density at radius 2 is 1.54 bits per heavy atom. The zero-order valence-electron chi connectivity index (χ0n) is 27.1. The van der Waals surface area contributed by atoms with Gasteiger partial charge in [-0.3, -0.25) is 9.59 Å². The number of carbonyl (C=O) groups is 2. The molecule has 3 aliphatic rings. The number of hydrogen-bond donors (Lipinski definition) is 2. The molecule has 2 amide bonds. The Balaban J connectivity index is 1.36. The maximum absolute atomic E-state index is 14.1. The van der Waals surface area contributed by atoms with Gasteiger partial charge in [-0.2, -0.15) is 26.3 Å². The fourth-order valence-electron chi connectivity index (χ4n) is 7.61. The van der Waals surface area contributed by atoms with Gasteiger partial charge in [0.2, 0.25) is 11.8 Å². The van der Waals surface area contributed by atoms with Crippen molar-refractivity contribution >= 4 is 36.3 Å². The molecular formula is C37H34BF6NO5. The number of para-hydroxylation sites is 1. The van der Waals surface area contributed by atoms with E-state index in [1.807, 2.05) is 50.3 Å². The van der Waals surface area contributed by atoms with Crippen LogP contribution in [0.1, 0.15) is 55.4 Å². The summed E-state index contributed by atoms with van der Waals surface area (Å²) in [4.78, 5) is 28.4. The van der Waals surface area contributed by atoms with Crippen LogP contribution in [0.3, 0.4) is 0 Å². The number of carbonyl (C=O) groups excluding carboxylic acids is 2. The number of aromatic hydroxyl groups is 1. The van der Waals surface area contributed by atoms with Gasteiger partial charge in [-0.25, -0.2) is 4.90 Å². The van der Waals surface area contributed by atoms with E-state index in [0.717, 1.165) is 22.3 Å². The number of rotatable bonds is 7. The third-order valence-corrected chi connectivity index (χ3v) is 9.86. The molecule has 262 valence electrons. The van der Waals surface area contributed by atoms with Crippen LogP contribution in [0.5, 0.6) is 5.75 Å². The van der Waals surface area contributed by atoms with E-state index in [1.165, 1.54) is 0 Å². The van der Waals surface area contributed by atoms with Crippen LogP contribution in [0.15, 0.2) is 83.9 Å². The zero-order valence-corrected chi connectivity index (χ0v) is 27.1. The highest BCUT2D eigenvalue weighted by molar-refractivity contribution is 6.43. The number of alkyl halides is 6. The number of fused-ring (bicyclic) bond motifs is 3. The summed E-state index contributed by atoms with van der Waals surface area (Å²) >= 11 is 0. The SMILES string of the molecule is CC(C)C1=C2[C@@H](CC/C(=C/c3ccccc3O)c3ccccc3)OB(O)C[C@@H]2[C@@H]2C(=O)N(c3cc(C(F)(F)F)cc(C(F)(F)F)c3)C(=O)[C@@H]2C1. The van der Waals surface area contributed by atoms with Gasteiger partial charge in [0, 0.05) is 5.56 Å². The molecule has 2 aliphatic heterocycles. The number of imide groups is 1. The number of nitrogens with zero attached hydrogens (tertiary/aromatic N) is 1. The van der Waals surface area contributed by atoms with Crippen LogP contribution in [-0.2, 0) is 26.6 Å². The minimum atomic E-state index is -5.17. The first-order chi connectivity index (χ1) is 23.5. The number of anilines is 1. The first-order valence-corrected chi connectivity index (χ1v) is 16.3. The fraction of sp³-hybridized carbons (Fsp3) is 0.351. The highest BCUT2D eigenvalue weighted by atomic mass is 19.4. The lowest BCUT2D eigenvalue weighted by atomic mass is 9.57. The van der Waals surface area contributed by atoms with E-state index in [2.05, 4.69) is 0 Å². The molecule has 0 radical (unpaired) electrons. The van der Waals surface area contributed by atoms with E-state index in [-0.39, 0.29) is 30.5 Å². The summed E-state index contributed by atoms with van der Waals surface area (Å²) in [7, 11) is -1.34. The number of phenols is 1. The van der Waals surface area contributed by atoms with Gasteiger partial charge in [0.1, 0.15) is 5.75 Å². The van der Waals surface area contributed by atoms with Crippen molar-refractivity contribution in [2.45, 2.75) is 57.9 Å². The number of halogens is 6. The van der Waals surface area contributed by atoms with Crippen LogP contribution < -0.4 is 4.90 Å². The van der Waals surface area contributed by atoms with Crippen LogP contribution in [0.4, 0.5) is 32.0 Å². The summed E-state index contributed by atoms with van der Waals surface area (Å²) in [6, 6.07) is 17.1. The second kappa shape index (κ2) is 13.4. The molecule has 6 rings (SSSR count). The summed E-state index contributed by atoms with van der Waals surface area (Å²) < 4.78 is 88.4. The lowest BCUT2D eigenvalue weighted by Crippen LogP contribution is -2.46. The summed E-state index contributed by atoms with van der Waals surface area (Å²) in [5, 5.41) is 21.4. The smallest absolute Gasteiger partial charge is 0.455 e. The Morgan fingerprint density at radius 3 is 2.14 bits per heavy atom. The zero-order chi connectivity index (χ0) is 36.1. The Kier molecular flexibility index (Phi) is 9.51. The molecule has 2 N–H and O–H groups in total. The molecule has 2 fully saturated rings. The van der Waals surface area contributed by atoms with E-state index in [1.54, 1.807) is 24.3 Å². The van der Waals surface area contributed by atoms with E-state index in [0.29, 0.717) is 35.4 Å². The number of phenolic OH excluding ortho intramolecular Hbond substituents is 1. The molecule has 0 bridgehead atoms. The van der Waals surface area contributed by atoms with E-state index in [4.69, 9.17) is 4.65 Å². The summed E-state index contributed by atoms with van der Waals surface area (Å²) in [6.45, 7) is 3.80. The van der Waals surface area contributed by atoms with Crippen LogP contribution in [0.25, 0.3) is 11.6 Å². The average Bonchev–Trinajstić information content (AvgIpc) is 3.31. The quantitative estimate of drug-likeness (QED) is 0.0852. The van der Waals surface area contributed by atoms with Crippen LogP contribution in [0.2, 0.25) is 6.32 Å². The van der Waals surface area contributed by atoms with Crippen molar-refractivity contribution < 1.29 is 50.7 Å². The summed E-state index contributed by atoms with van der Waals surface area (Å²) in [5.41, 5.74) is -0.191. The van der Waals surface area contributed by atoms with Crippen molar-refractivity contribution in [1.29, 1.82) is 0 Å². The van der Waals surface area contributed by atoms with Crippen LogP contribution >= 0.6 is 0 Å². The molecule has 6 nitrogen and oxygen atoms in total. The minimum Gasteiger partial charge on any atom is -0.507 e. The molecule has 2 saturated heterocycles. The van der Waals surface area contributed by atoms with E-state index < -0.39 is 72.0 Å². The normalized spacial score (nSPS) is 23.1. The van der Waals surface area contributed by atoms with Crippen molar-refractivity contribution in [3.05, 3.63) is 106 Å². The largest absolute Gasteiger partial charge is 0.507 e. The number of benzene rings is 3. The molecule has 13 heteroatoms. The van der Waals surface area contributed by atoms with Crippen molar-refractivity contribution in [2.24, 2.45) is 23.7 Å². The maximum Gasteiger partial charge on any atom is 0.455 e. The Bertz CT molecular complexity index is 1820. The lowest BCUT2D eigenvalue weighted by Gasteiger charge is -2.44. The van der Waals surface area contributed by atoms with Crippen LogP contribution in [-0.4, -0.2) is 35.2 Å². The van der Waals surface area contributed by atoms with Gasteiger partial charge in [-0.15, -0.1) is 0 Å². The molecular weight excluding hydrogens is 663 g/mol. The summed E-state index contributed by atoms with van der Waals surface area (Å²) in [6.07, 6.45) is -8.45. The molecule has 0 aromatic heterocycles. The number of allylic oxidation sites excluding steroid dienone is 2. The lowest BCUT2D eigenvalue weighted by molar-refractivity contribution is -0.143. The standard InChI is InChI=1S/C37H34BF6NO5/c1-20(2)27-18-28-33(35(48)45(34(28)47)26-16-24(36(39,40)41)15-25(17-26)37(42,43)44)29-19-38(49)50-31(32(27)29)13-12-22(21-8-4-3-5-9-21)14-23-10-6-7-11-30(23)46/h3-11,14-17,20,28-29,31,33,46,49H,12-13,18-19H2,1-2H3/b22-14-/t28-,29+,31-,33-/m1/s1. The Labute approximate surface area is 285 Å². The third kappa shape index (κ3) is 6.85. The summed E-state index contributed by atoms with van der Waals surface area (Å²) in [5.74, 6) is -4.74. The monoisotopic (exact) mass is 697 g/mol. The van der Waals surface area contributed by atoms with Gasteiger partial charge in [0.05, 0.1) is 34.8 Å². The molecule has 0 saturated carbocycles. The molecule has 0 spiro atoms. The van der Waals surface area contributed by atoms with Gasteiger partial charge in [-0.1, -0.05) is 68.0 Å². The second-order valence-electron chi connectivity index (χ2n) is 13.3. The van der Waals surface area contributed by atoms with Gasteiger partial charge in [0.25, 0.3) is 0 Å². The first-order valence-electron chi connectivity index (χ1n) is 16.3. The predicted molar refractivity (Wildman–Crippen MR) is 175 cm³/mol. The van der Waals surface area contributed by atoms with Crippen molar-refractivity contribution in [3.8, 4) is 5.75 Å².